The van der Waals surface area contributed by atoms with Crippen molar-refractivity contribution in [2.24, 2.45) is 11.8 Å². The molecule has 2 rings (SSSR count). The Bertz CT molecular complexity index is 199. The zero-order valence-corrected chi connectivity index (χ0v) is 9.83. The number of hydrogen-bond acceptors (Lipinski definition) is 3. The summed E-state index contributed by atoms with van der Waals surface area (Å²) in [5, 5.41) is 0. The van der Waals surface area contributed by atoms with Crippen LogP contribution in [0.1, 0.15) is 32.6 Å². The van der Waals surface area contributed by atoms with E-state index in [-0.39, 0.29) is 5.79 Å². The van der Waals surface area contributed by atoms with Gasteiger partial charge >= 0.3 is 0 Å². The third-order valence-electron chi connectivity index (χ3n) is 3.84. The van der Waals surface area contributed by atoms with Crippen LogP contribution >= 0.6 is 0 Å². The Hall–Kier alpha value is -0.120. The van der Waals surface area contributed by atoms with Gasteiger partial charge < -0.3 is 14.2 Å². The lowest BCUT2D eigenvalue weighted by Crippen LogP contribution is -2.26. The molecule has 0 bridgehead atoms. The van der Waals surface area contributed by atoms with Crippen LogP contribution in [0.2, 0.25) is 0 Å². The van der Waals surface area contributed by atoms with E-state index >= 15 is 0 Å². The predicted octanol–water partition coefficient (Wildman–Crippen LogP) is 2.20. The van der Waals surface area contributed by atoms with E-state index in [1.54, 1.807) is 7.11 Å². The topological polar surface area (TPSA) is 27.7 Å². The molecule has 0 radical (unpaired) electrons. The largest absolute Gasteiger partial charge is 0.385 e. The summed E-state index contributed by atoms with van der Waals surface area (Å²) in [6.07, 6.45) is 4.51. The van der Waals surface area contributed by atoms with Crippen LogP contribution in [0.4, 0.5) is 0 Å². The highest BCUT2D eigenvalue weighted by atomic mass is 16.7. The molecule has 2 atom stereocenters. The minimum Gasteiger partial charge on any atom is -0.385 e. The van der Waals surface area contributed by atoms with Crippen molar-refractivity contribution < 1.29 is 14.2 Å². The molecule has 2 fully saturated rings. The lowest BCUT2D eigenvalue weighted by Gasteiger charge is -2.21. The molecule has 0 aromatic carbocycles. The number of rotatable bonds is 4. The lowest BCUT2D eigenvalue weighted by molar-refractivity contribution is -0.154. The van der Waals surface area contributed by atoms with Gasteiger partial charge in [0.05, 0.1) is 13.2 Å². The van der Waals surface area contributed by atoms with E-state index in [4.69, 9.17) is 14.2 Å². The molecule has 1 aliphatic heterocycles. The average Bonchev–Trinajstić information content (AvgIpc) is 2.84. The molecular formula is C12H22O3. The molecule has 0 unspecified atom stereocenters. The van der Waals surface area contributed by atoms with E-state index < -0.39 is 0 Å². The van der Waals surface area contributed by atoms with Crippen LogP contribution in [0, 0.1) is 11.8 Å². The number of methoxy groups -OCH3 is 1. The maximum Gasteiger partial charge on any atom is 0.169 e. The molecule has 1 spiro atoms. The van der Waals surface area contributed by atoms with Gasteiger partial charge in [0.1, 0.15) is 0 Å². The van der Waals surface area contributed by atoms with Crippen molar-refractivity contribution in [1.82, 2.24) is 0 Å². The van der Waals surface area contributed by atoms with Gasteiger partial charge in [-0.1, -0.05) is 13.3 Å². The van der Waals surface area contributed by atoms with Crippen LogP contribution in [0.5, 0.6) is 0 Å². The first-order valence-corrected chi connectivity index (χ1v) is 6.06. The summed E-state index contributed by atoms with van der Waals surface area (Å²) in [6.45, 7) is 4.66. The second-order valence-electron chi connectivity index (χ2n) is 4.73. The average molecular weight is 214 g/mol. The summed E-state index contributed by atoms with van der Waals surface area (Å²) in [7, 11) is 1.77. The Morgan fingerprint density at radius 1 is 1.20 bits per heavy atom. The SMILES string of the molecule is CC[C@@H]1CC2(C[C@@H]1CCOC)OCCO2. The van der Waals surface area contributed by atoms with E-state index in [1.165, 1.54) is 6.42 Å². The first-order valence-electron chi connectivity index (χ1n) is 6.06. The third kappa shape index (κ3) is 2.35. The first kappa shape index (κ1) is 11.4. The Kier molecular flexibility index (Phi) is 3.65. The van der Waals surface area contributed by atoms with E-state index in [0.717, 1.165) is 45.0 Å². The van der Waals surface area contributed by atoms with E-state index in [0.29, 0.717) is 5.92 Å². The molecule has 15 heavy (non-hydrogen) atoms. The van der Waals surface area contributed by atoms with Crippen LogP contribution in [-0.4, -0.2) is 32.7 Å². The molecule has 3 nitrogen and oxygen atoms in total. The van der Waals surface area contributed by atoms with Crippen LogP contribution in [-0.2, 0) is 14.2 Å². The van der Waals surface area contributed by atoms with Gasteiger partial charge in [-0.2, -0.15) is 0 Å². The minimum absolute atomic E-state index is 0.223. The summed E-state index contributed by atoms with van der Waals surface area (Å²) in [5.41, 5.74) is 0. The van der Waals surface area contributed by atoms with Crippen LogP contribution in [0.3, 0.4) is 0 Å². The maximum atomic E-state index is 5.78. The van der Waals surface area contributed by atoms with Gasteiger partial charge in [-0.25, -0.2) is 0 Å². The van der Waals surface area contributed by atoms with Crippen molar-refractivity contribution in [3.63, 3.8) is 0 Å². The fraction of sp³-hybridized carbons (Fsp3) is 1.00. The summed E-state index contributed by atoms with van der Waals surface area (Å²) >= 11 is 0. The zero-order valence-electron chi connectivity index (χ0n) is 9.83. The molecular weight excluding hydrogens is 192 g/mol. The molecule has 2 aliphatic rings. The van der Waals surface area contributed by atoms with Crippen molar-refractivity contribution in [2.75, 3.05) is 26.9 Å². The van der Waals surface area contributed by atoms with Crippen LogP contribution in [0.25, 0.3) is 0 Å². The van der Waals surface area contributed by atoms with Crippen molar-refractivity contribution in [2.45, 2.75) is 38.4 Å². The Morgan fingerprint density at radius 2 is 1.87 bits per heavy atom. The molecule has 0 amide bonds. The van der Waals surface area contributed by atoms with Crippen molar-refractivity contribution >= 4 is 0 Å². The molecule has 1 aliphatic carbocycles. The smallest absolute Gasteiger partial charge is 0.169 e. The fourth-order valence-corrected chi connectivity index (χ4v) is 3.03. The van der Waals surface area contributed by atoms with Crippen molar-refractivity contribution in [1.29, 1.82) is 0 Å². The second-order valence-corrected chi connectivity index (χ2v) is 4.73. The van der Waals surface area contributed by atoms with E-state index in [2.05, 4.69) is 6.92 Å². The van der Waals surface area contributed by atoms with Gasteiger partial charge in [-0.15, -0.1) is 0 Å². The summed E-state index contributed by atoms with van der Waals surface area (Å²) in [5.74, 6) is 1.24. The molecule has 0 aromatic rings. The molecule has 3 heteroatoms. The van der Waals surface area contributed by atoms with Gasteiger partial charge in [0.25, 0.3) is 0 Å². The Balaban J connectivity index is 1.93. The zero-order chi connectivity index (χ0) is 10.7. The highest BCUT2D eigenvalue weighted by molar-refractivity contribution is 4.91. The van der Waals surface area contributed by atoms with Crippen LogP contribution in [0.15, 0.2) is 0 Å². The fourth-order valence-electron chi connectivity index (χ4n) is 3.03. The van der Waals surface area contributed by atoms with Gasteiger partial charge in [-0.3, -0.25) is 0 Å². The Morgan fingerprint density at radius 3 is 2.47 bits per heavy atom. The van der Waals surface area contributed by atoms with Crippen molar-refractivity contribution in [3.05, 3.63) is 0 Å². The minimum atomic E-state index is -0.223. The van der Waals surface area contributed by atoms with Crippen molar-refractivity contribution in [3.8, 4) is 0 Å². The number of ether oxygens (including phenoxy) is 3. The molecule has 0 N–H and O–H groups in total. The maximum absolute atomic E-state index is 5.78. The monoisotopic (exact) mass is 214 g/mol. The quantitative estimate of drug-likeness (QED) is 0.718. The van der Waals surface area contributed by atoms with Gasteiger partial charge in [-0.05, 0) is 18.3 Å². The van der Waals surface area contributed by atoms with E-state index in [1.807, 2.05) is 0 Å². The van der Waals surface area contributed by atoms with Gasteiger partial charge in [0, 0.05) is 26.6 Å². The summed E-state index contributed by atoms with van der Waals surface area (Å²) in [6, 6.07) is 0. The molecule has 0 aromatic heterocycles. The van der Waals surface area contributed by atoms with Gasteiger partial charge in [0.2, 0.25) is 0 Å². The molecule has 1 saturated heterocycles. The van der Waals surface area contributed by atoms with E-state index in [9.17, 15) is 0 Å². The first-order chi connectivity index (χ1) is 7.29. The highest BCUT2D eigenvalue weighted by Crippen LogP contribution is 2.47. The molecule has 1 heterocycles. The Labute approximate surface area is 92.1 Å². The number of hydrogen-bond donors (Lipinski definition) is 0. The standard InChI is InChI=1S/C12H22O3/c1-3-10-8-12(14-6-7-15-12)9-11(10)4-5-13-2/h10-11H,3-9H2,1-2H3/t10-,11+/m1/s1. The van der Waals surface area contributed by atoms with Gasteiger partial charge in [0.15, 0.2) is 5.79 Å². The second kappa shape index (κ2) is 4.81. The normalized spacial score (nSPS) is 34.0. The summed E-state index contributed by atoms with van der Waals surface area (Å²) < 4.78 is 16.7. The predicted molar refractivity (Wildman–Crippen MR) is 57.6 cm³/mol. The molecule has 1 saturated carbocycles. The molecule has 88 valence electrons. The van der Waals surface area contributed by atoms with Crippen LogP contribution < -0.4 is 0 Å². The highest BCUT2D eigenvalue weighted by Gasteiger charge is 2.48. The summed E-state index contributed by atoms with van der Waals surface area (Å²) in [4.78, 5) is 0. The third-order valence-corrected chi connectivity index (χ3v) is 3.84. The lowest BCUT2D eigenvalue weighted by atomic mass is 9.91.